The Morgan fingerprint density at radius 2 is 2.00 bits per heavy atom. The lowest BCUT2D eigenvalue weighted by atomic mass is 9.98. The number of aromatic nitrogens is 2. The molecular weight excluding hydrogens is 293 g/mol. The van der Waals surface area contributed by atoms with E-state index >= 15 is 0 Å². The number of aryl methyl sites for hydroxylation is 2. The monoisotopic (exact) mass is 311 g/mol. The van der Waals surface area contributed by atoms with Crippen LogP contribution in [0.5, 0.6) is 0 Å². The zero-order valence-corrected chi connectivity index (χ0v) is 13.7. The number of benzene rings is 1. The smallest absolute Gasteiger partial charge is 0.0629 e. The highest BCUT2D eigenvalue weighted by Crippen LogP contribution is 2.29. The molecule has 20 heavy (non-hydrogen) atoms. The Labute approximate surface area is 129 Å². The van der Waals surface area contributed by atoms with Crippen molar-refractivity contribution in [3.05, 3.63) is 50.8 Å². The van der Waals surface area contributed by atoms with Crippen molar-refractivity contribution in [1.82, 2.24) is 15.1 Å². The molecule has 0 aliphatic heterocycles. The minimum Gasteiger partial charge on any atom is -0.313 e. The third-order valence-corrected chi connectivity index (χ3v) is 4.33. The van der Waals surface area contributed by atoms with E-state index in [2.05, 4.69) is 17.3 Å². The second kappa shape index (κ2) is 6.17. The van der Waals surface area contributed by atoms with Crippen molar-refractivity contribution >= 4 is 23.2 Å². The third-order valence-electron chi connectivity index (χ3n) is 3.75. The van der Waals surface area contributed by atoms with E-state index in [1.54, 1.807) is 6.07 Å². The number of hydrogen-bond acceptors (Lipinski definition) is 2. The second-order valence-corrected chi connectivity index (χ2v) is 5.83. The van der Waals surface area contributed by atoms with E-state index in [1.807, 2.05) is 37.8 Å². The highest BCUT2D eigenvalue weighted by atomic mass is 35.5. The van der Waals surface area contributed by atoms with Gasteiger partial charge in [0, 0.05) is 28.8 Å². The van der Waals surface area contributed by atoms with Gasteiger partial charge < -0.3 is 5.32 Å². The standard InChI is InChI=1S/C15H19Cl2N3/c1-9-12(10(2)20(4)19-9)8-15(18-3)13-7-11(16)5-6-14(13)17/h5-7,15,18H,8H2,1-4H3. The number of nitrogens with zero attached hydrogens (tertiary/aromatic N) is 2. The summed E-state index contributed by atoms with van der Waals surface area (Å²) in [4.78, 5) is 0. The van der Waals surface area contributed by atoms with Crippen LogP contribution in [0.15, 0.2) is 18.2 Å². The Balaban J connectivity index is 2.36. The third kappa shape index (κ3) is 3.00. The van der Waals surface area contributed by atoms with Crippen LogP contribution in [0.3, 0.4) is 0 Å². The van der Waals surface area contributed by atoms with Gasteiger partial charge in [-0.2, -0.15) is 5.10 Å². The van der Waals surface area contributed by atoms with Gasteiger partial charge in [-0.25, -0.2) is 0 Å². The molecule has 0 saturated carbocycles. The molecule has 2 rings (SSSR count). The van der Waals surface area contributed by atoms with Gasteiger partial charge in [-0.05, 0) is 56.6 Å². The summed E-state index contributed by atoms with van der Waals surface area (Å²) in [7, 11) is 3.90. The number of hydrogen-bond donors (Lipinski definition) is 1. The van der Waals surface area contributed by atoms with Gasteiger partial charge in [0.2, 0.25) is 0 Å². The molecule has 0 aliphatic rings. The van der Waals surface area contributed by atoms with Crippen molar-refractivity contribution < 1.29 is 0 Å². The van der Waals surface area contributed by atoms with E-state index in [0.717, 1.165) is 22.7 Å². The fourth-order valence-corrected chi connectivity index (χ4v) is 2.90. The molecule has 0 amide bonds. The summed E-state index contributed by atoms with van der Waals surface area (Å²) in [5.74, 6) is 0. The predicted octanol–water partition coefficient (Wildman–Crippen LogP) is 3.85. The Bertz CT molecular complexity index is 620. The Morgan fingerprint density at radius 3 is 2.55 bits per heavy atom. The summed E-state index contributed by atoms with van der Waals surface area (Å²) in [6.07, 6.45) is 0.835. The molecule has 0 fully saturated rings. The largest absolute Gasteiger partial charge is 0.313 e. The maximum atomic E-state index is 6.30. The zero-order valence-electron chi connectivity index (χ0n) is 12.2. The van der Waals surface area contributed by atoms with E-state index in [9.17, 15) is 0 Å². The molecule has 0 radical (unpaired) electrons. The second-order valence-electron chi connectivity index (χ2n) is 4.98. The zero-order chi connectivity index (χ0) is 14.9. The Hall–Kier alpha value is -1.03. The van der Waals surface area contributed by atoms with Crippen molar-refractivity contribution in [2.24, 2.45) is 7.05 Å². The average Bonchev–Trinajstić information content (AvgIpc) is 2.65. The van der Waals surface area contributed by atoms with Crippen LogP contribution in [-0.2, 0) is 13.5 Å². The van der Waals surface area contributed by atoms with Gasteiger partial charge in [-0.15, -0.1) is 0 Å². The molecule has 3 nitrogen and oxygen atoms in total. The van der Waals surface area contributed by atoms with Crippen molar-refractivity contribution in [3.63, 3.8) is 0 Å². The van der Waals surface area contributed by atoms with Crippen LogP contribution >= 0.6 is 23.2 Å². The lowest BCUT2D eigenvalue weighted by Crippen LogP contribution is -2.20. The van der Waals surface area contributed by atoms with E-state index in [-0.39, 0.29) is 6.04 Å². The van der Waals surface area contributed by atoms with Crippen molar-refractivity contribution in [3.8, 4) is 0 Å². The van der Waals surface area contributed by atoms with E-state index in [1.165, 1.54) is 11.3 Å². The van der Waals surface area contributed by atoms with Crippen LogP contribution in [0.2, 0.25) is 10.0 Å². The lowest BCUT2D eigenvalue weighted by Gasteiger charge is -2.18. The van der Waals surface area contributed by atoms with Crippen LogP contribution in [0.4, 0.5) is 0 Å². The molecular formula is C15H19Cl2N3. The number of nitrogens with one attached hydrogen (secondary N) is 1. The van der Waals surface area contributed by atoms with Crippen molar-refractivity contribution in [2.45, 2.75) is 26.3 Å². The number of likely N-dealkylation sites (N-methyl/N-ethyl adjacent to an activating group) is 1. The van der Waals surface area contributed by atoms with Gasteiger partial charge in [0.05, 0.1) is 5.69 Å². The van der Waals surface area contributed by atoms with E-state index < -0.39 is 0 Å². The van der Waals surface area contributed by atoms with Gasteiger partial charge in [-0.3, -0.25) is 4.68 Å². The summed E-state index contributed by atoms with van der Waals surface area (Å²) in [6, 6.07) is 5.68. The van der Waals surface area contributed by atoms with Crippen molar-refractivity contribution in [1.29, 1.82) is 0 Å². The fraction of sp³-hybridized carbons (Fsp3) is 0.400. The highest BCUT2D eigenvalue weighted by Gasteiger charge is 2.18. The average molecular weight is 312 g/mol. The summed E-state index contributed by atoms with van der Waals surface area (Å²) in [5.41, 5.74) is 4.51. The SMILES string of the molecule is CNC(Cc1c(C)nn(C)c1C)c1cc(Cl)ccc1Cl. The van der Waals surface area contributed by atoms with Crippen LogP contribution < -0.4 is 5.32 Å². The Kier molecular flexibility index (Phi) is 4.74. The topological polar surface area (TPSA) is 29.9 Å². The maximum Gasteiger partial charge on any atom is 0.0629 e. The first kappa shape index (κ1) is 15.4. The maximum absolute atomic E-state index is 6.30. The number of halogens is 2. The molecule has 1 atom stereocenters. The summed E-state index contributed by atoms with van der Waals surface area (Å²) in [5, 5.41) is 9.21. The van der Waals surface area contributed by atoms with Gasteiger partial charge in [0.1, 0.15) is 0 Å². The summed E-state index contributed by atoms with van der Waals surface area (Å²) >= 11 is 12.4. The predicted molar refractivity (Wildman–Crippen MR) is 84.6 cm³/mol. The van der Waals surface area contributed by atoms with Crippen molar-refractivity contribution in [2.75, 3.05) is 7.05 Å². The molecule has 108 valence electrons. The lowest BCUT2D eigenvalue weighted by molar-refractivity contribution is 0.588. The molecule has 0 spiro atoms. The first-order valence-electron chi connectivity index (χ1n) is 6.55. The van der Waals surface area contributed by atoms with Crippen LogP contribution in [0.1, 0.15) is 28.6 Å². The molecule has 2 aromatic rings. The van der Waals surface area contributed by atoms with Gasteiger partial charge in [0.25, 0.3) is 0 Å². The minimum absolute atomic E-state index is 0.114. The van der Waals surface area contributed by atoms with Gasteiger partial charge >= 0.3 is 0 Å². The molecule has 1 aromatic heterocycles. The first-order chi connectivity index (χ1) is 9.43. The molecule has 1 aromatic carbocycles. The molecule has 1 heterocycles. The molecule has 5 heteroatoms. The minimum atomic E-state index is 0.114. The molecule has 1 unspecified atom stereocenters. The van der Waals surface area contributed by atoms with Gasteiger partial charge in [-0.1, -0.05) is 23.2 Å². The van der Waals surface area contributed by atoms with Crippen LogP contribution in [-0.4, -0.2) is 16.8 Å². The quantitative estimate of drug-likeness (QED) is 0.929. The van der Waals surface area contributed by atoms with Crippen LogP contribution in [0.25, 0.3) is 0 Å². The fourth-order valence-electron chi connectivity index (χ4n) is 2.47. The normalized spacial score (nSPS) is 12.7. The number of rotatable bonds is 4. The molecule has 0 bridgehead atoms. The molecule has 1 N–H and O–H groups in total. The van der Waals surface area contributed by atoms with Gasteiger partial charge in [0.15, 0.2) is 0 Å². The highest BCUT2D eigenvalue weighted by molar-refractivity contribution is 6.33. The van der Waals surface area contributed by atoms with E-state index in [0.29, 0.717) is 5.02 Å². The molecule has 0 aliphatic carbocycles. The van der Waals surface area contributed by atoms with Crippen LogP contribution in [0, 0.1) is 13.8 Å². The first-order valence-corrected chi connectivity index (χ1v) is 7.31. The summed E-state index contributed by atoms with van der Waals surface area (Å²) in [6.45, 7) is 4.12. The molecule has 0 saturated heterocycles. The summed E-state index contributed by atoms with van der Waals surface area (Å²) < 4.78 is 1.91. The van der Waals surface area contributed by atoms with E-state index in [4.69, 9.17) is 23.2 Å². The Morgan fingerprint density at radius 1 is 1.30 bits per heavy atom.